The zero-order valence-corrected chi connectivity index (χ0v) is 13.6. The van der Waals surface area contributed by atoms with Gasteiger partial charge in [0, 0.05) is 0 Å². The summed E-state index contributed by atoms with van der Waals surface area (Å²) < 4.78 is 0. The summed E-state index contributed by atoms with van der Waals surface area (Å²) in [5.41, 5.74) is 2.68. The van der Waals surface area contributed by atoms with Crippen molar-refractivity contribution in [3.63, 3.8) is 0 Å². The lowest BCUT2D eigenvalue weighted by atomic mass is 9.87. The smallest absolute Gasteiger partial charge is 0.115 e. The monoisotopic (exact) mass is 286 g/mol. The predicted octanol–water partition coefficient (Wildman–Crippen LogP) is 5.21. The van der Waals surface area contributed by atoms with Gasteiger partial charge in [-0.25, -0.2) is 0 Å². The highest BCUT2D eigenvalue weighted by Crippen LogP contribution is 2.23. The van der Waals surface area contributed by atoms with E-state index in [-0.39, 0.29) is 5.41 Å². The number of hydrogen-bond acceptors (Lipinski definition) is 2. The molecule has 0 saturated carbocycles. The fourth-order valence-electron chi connectivity index (χ4n) is 1.82. The van der Waals surface area contributed by atoms with E-state index in [2.05, 4.69) is 34.6 Å². The predicted molar refractivity (Wildman–Crippen MR) is 89.0 cm³/mol. The van der Waals surface area contributed by atoms with Crippen molar-refractivity contribution in [2.75, 3.05) is 0 Å². The van der Waals surface area contributed by atoms with Crippen LogP contribution in [0.5, 0.6) is 11.5 Å². The molecule has 0 unspecified atom stereocenters. The first-order valence-electron chi connectivity index (χ1n) is 7.28. The molecule has 2 aromatic carbocycles. The molecule has 21 heavy (non-hydrogen) atoms. The molecule has 2 N–H and O–H groups in total. The lowest BCUT2D eigenvalue weighted by molar-refractivity contribution is 0.473. The van der Waals surface area contributed by atoms with Crippen molar-refractivity contribution < 1.29 is 10.2 Å². The van der Waals surface area contributed by atoms with Gasteiger partial charge in [0.25, 0.3) is 0 Å². The summed E-state index contributed by atoms with van der Waals surface area (Å²) in [6.45, 7) is 10.7. The van der Waals surface area contributed by atoms with E-state index in [9.17, 15) is 0 Å². The van der Waals surface area contributed by atoms with Crippen LogP contribution in [0, 0.1) is 0 Å². The Bertz CT molecular complexity index is 531. The first-order valence-corrected chi connectivity index (χ1v) is 7.28. The fourth-order valence-corrected chi connectivity index (χ4v) is 1.82. The second kappa shape index (κ2) is 7.16. The van der Waals surface area contributed by atoms with Crippen LogP contribution < -0.4 is 0 Å². The minimum Gasteiger partial charge on any atom is -0.508 e. The average Bonchev–Trinajstić information content (AvgIpc) is 2.39. The van der Waals surface area contributed by atoms with E-state index in [0.717, 1.165) is 0 Å². The highest BCUT2D eigenvalue weighted by atomic mass is 16.3. The minimum atomic E-state index is 0.174. The van der Waals surface area contributed by atoms with Crippen LogP contribution in [0.4, 0.5) is 0 Å². The topological polar surface area (TPSA) is 40.5 Å². The van der Waals surface area contributed by atoms with Crippen LogP contribution in [0.2, 0.25) is 0 Å². The van der Waals surface area contributed by atoms with Gasteiger partial charge < -0.3 is 10.2 Å². The highest BCUT2D eigenvalue weighted by Gasteiger charge is 2.12. The summed E-state index contributed by atoms with van der Waals surface area (Å²) in [5.74, 6) is 1.21. The number of aromatic hydroxyl groups is 2. The summed E-state index contributed by atoms with van der Waals surface area (Å²) >= 11 is 0. The maximum absolute atomic E-state index is 9.02. The summed E-state index contributed by atoms with van der Waals surface area (Å²) in [6.07, 6.45) is 0. The summed E-state index contributed by atoms with van der Waals surface area (Å²) in [4.78, 5) is 0. The first-order chi connectivity index (χ1) is 9.70. The molecule has 0 saturated heterocycles. The molecular formula is C19H26O2. The van der Waals surface area contributed by atoms with Crippen LogP contribution in [-0.4, -0.2) is 10.2 Å². The van der Waals surface area contributed by atoms with Gasteiger partial charge in [-0.15, -0.1) is 0 Å². The van der Waals surface area contributed by atoms with Crippen molar-refractivity contribution in [1.29, 1.82) is 0 Å². The van der Waals surface area contributed by atoms with Crippen molar-refractivity contribution in [2.45, 2.75) is 46.0 Å². The Kier molecular flexibility index (Phi) is 5.83. The zero-order valence-electron chi connectivity index (χ0n) is 13.6. The van der Waals surface area contributed by atoms with Gasteiger partial charge in [-0.05, 0) is 46.7 Å². The second-order valence-corrected chi connectivity index (χ2v) is 6.54. The van der Waals surface area contributed by atoms with Gasteiger partial charge in [0.15, 0.2) is 0 Å². The van der Waals surface area contributed by atoms with Gasteiger partial charge in [0.1, 0.15) is 11.5 Å². The van der Waals surface area contributed by atoms with Gasteiger partial charge in [0.05, 0.1) is 0 Å². The summed E-state index contributed by atoms with van der Waals surface area (Å²) in [6, 6.07) is 14.7. The molecule has 0 aliphatic rings. The van der Waals surface area contributed by atoms with E-state index < -0.39 is 0 Å². The normalized spacial score (nSPS) is 11.0. The molecule has 0 aliphatic carbocycles. The van der Waals surface area contributed by atoms with Crippen molar-refractivity contribution in [1.82, 2.24) is 0 Å². The second-order valence-electron chi connectivity index (χ2n) is 6.54. The van der Waals surface area contributed by atoms with E-state index >= 15 is 0 Å². The van der Waals surface area contributed by atoms with E-state index in [0.29, 0.717) is 17.4 Å². The lowest BCUT2D eigenvalue weighted by Gasteiger charge is -2.18. The highest BCUT2D eigenvalue weighted by molar-refractivity contribution is 5.30. The van der Waals surface area contributed by atoms with Crippen molar-refractivity contribution in [3.8, 4) is 11.5 Å². The Balaban J connectivity index is 0.000000211. The lowest BCUT2D eigenvalue weighted by Crippen LogP contribution is -2.10. The van der Waals surface area contributed by atoms with Crippen LogP contribution in [0.15, 0.2) is 48.5 Å². The largest absolute Gasteiger partial charge is 0.508 e. The zero-order chi connectivity index (χ0) is 16.0. The first kappa shape index (κ1) is 17.1. The third-order valence-electron chi connectivity index (χ3n) is 3.29. The Morgan fingerprint density at radius 1 is 0.714 bits per heavy atom. The van der Waals surface area contributed by atoms with E-state index in [1.54, 1.807) is 24.3 Å². The van der Waals surface area contributed by atoms with Crippen LogP contribution in [0.1, 0.15) is 51.7 Å². The van der Waals surface area contributed by atoms with Crippen LogP contribution in [0.3, 0.4) is 0 Å². The Morgan fingerprint density at radius 3 is 1.43 bits per heavy atom. The number of benzene rings is 2. The van der Waals surface area contributed by atoms with Crippen LogP contribution in [0.25, 0.3) is 0 Å². The molecule has 0 aliphatic heterocycles. The van der Waals surface area contributed by atoms with Crippen molar-refractivity contribution >= 4 is 0 Å². The molecule has 0 bridgehead atoms. The Morgan fingerprint density at radius 2 is 1.10 bits per heavy atom. The van der Waals surface area contributed by atoms with Crippen molar-refractivity contribution in [2.24, 2.45) is 0 Å². The maximum atomic E-state index is 9.02. The fraction of sp³-hybridized carbons (Fsp3) is 0.368. The molecule has 0 atom stereocenters. The molecule has 114 valence electrons. The van der Waals surface area contributed by atoms with E-state index in [4.69, 9.17) is 10.2 Å². The average molecular weight is 286 g/mol. The Hall–Kier alpha value is -1.96. The third-order valence-corrected chi connectivity index (χ3v) is 3.29. The third kappa shape index (κ3) is 5.90. The van der Waals surface area contributed by atoms with E-state index in [1.807, 2.05) is 24.3 Å². The Labute approximate surface area is 128 Å². The summed E-state index contributed by atoms with van der Waals surface area (Å²) in [7, 11) is 0. The molecule has 2 aromatic rings. The molecule has 0 spiro atoms. The van der Waals surface area contributed by atoms with Gasteiger partial charge >= 0.3 is 0 Å². The van der Waals surface area contributed by atoms with E-state index in [1.165, 1.54) is 11.1 Å². The molecule has 0 aromatic heterocycles. The molecule has 0 radical (unpaired) electrons. The van der Waals surface area contributed by atoms with Gasteiger partial charge in [0.2, 0.25) is 0 Å². The van der Waals surface area contributed by atoms with Gasteiger partial charge in [-0.1, -0.05) is 58.9 Å². The van der Waals surface area contributed by atoms with Crippen LogP contribution >= 0.6 is 0 Å². The van der Waals surface area contributed by atoms with Gasteiger partial charge in [-0.2, -0.15) is 0 Å². The van der Waals surface area contributed by atoms with Crippen molar-refractivity contribution in [3.05, 3.63) is 59.7 Å². The summed E-state index contributed by atoms with van der Waals surface area (Å²) in [5, 5.41) is 18.0. The molecular weight excluding hydrogens is 260 g/mol. The standard InChI is InChI=1S/C10H14O.C9H12O/c1-10(2,3)8-4-6-9(11)7-5-8;1-7(2)8-3-5-9(10)6-4-8/h4-7,11H,1-3H3;3-7,10H,1-2H3. The molecule has 0 heterocycles. The molecule has 0 amide bonds. The number of phenolic OH excluding ortho intramolecular Hbond substituents is 2. The number of phenols is 2. The molecule has 2 heteroatoms. The SMILES string of the molecule is CC(C)(C)c1ccc(O)cc1.CC(C)c1ccc(O)cc1. The number of rotatable bonds is 1. The minimum absolute atomic E-state index is 0.174. The molecule has 0 fully saturated rings. The van der Waals surface area contributed by atoms with Crippen LogP contribution in [-0.2, 0) is 5.41 Å². The quantitative estimate of drug-likeness (QED) is 0.756. The maximum Gasteiger partial charge on any atom is 0.115 e. The van der Waals surface area contributed by atoms with Gasteiger partial charge in [-0.3, -0.25) is 0 Å². The molecule has 2 rings (SSSR count). The number of hydrogen-bond donors (Lipinski definition) is 2. The molecule has 2 nitrogen and oxygen atoms in total.